The molecule has 0 N–H and O–H groups in total. The summed E-state index contributed by atoms with van der Waals surface area (Å²) in [6, 6.07) is 0. The number of quaternary nitrogens is 1. The first-order valence-corrected chi connectivity index (χ1v) is 9.90. The molecule has 86 valence electrons. The number of unbranched alkanes of at least 4 members (excludes halogenated alkanes) is 1. The van der Waals surface area contributed by atoms with E-state index in [1.165, 1.54) is 22.1 Å². The van der Waals surface area contributed by atoms with E-state index in [0.29, 0.717) is 0 Å². The molecule has 0 aromatic carbocycles. The number of rotatable bonds is 6. The zero-order valence-corrected chi connectivity index (χ0v) is 14.3. The third-order valence-corrected chi connectivity index (χ3v) is 12.2. The first-order chi connectivity index (χ1) is 6.33. The third-order valence-electron chi connectivity index (χ3n) is 2.64. The van der Waals surface area contributed by atoms with Crippen molar-refractivity contribution in [2.75, 3.05) is 48.8 Å². The second-order valence-corrected chi connectivity index (χ2v) is 17.0. The van der Waals surface area contributed by atoms with E-state index < -0.39 is 20.6 Å². The van der Waals surface area contributed by atoms with Gasteiger partial charge >= 0.3 is 98.1 Å². The Bertz CT molecular complexity index is 149. The molecule has 0 spiro atoms. The molecular weight excluding hydrogens is 281 g/mol. The quantitative estimate of drug-likeness (QED) is 0.667. The monoisotopic (exact) mass is 310 g/mol. The molecule has 0 fully saturated rings. The van der Waals surface area contributed by atoms with Crippen LogP contribution in [-0.2, 0) is 0 Å². The summed E-state index contributed by atoms with van der Waals surface area (Å²) in [5.41, 5.74) is 0. The van der Waals surface area contributed by atoms with E-state index in [2.05, 4.69) is 55.5 Å². The van der Waals surface area contributed by atoms with Gasteiger partial charge in [-0.05, 0) is 0 Å². The van der Waals surface area contributed by atoms with Crippen LogP contribution in [0.25, 0.3) is 0 Å². The second kappa shape index (κ2) is 6.30. The SMILES string of the molecule is CCCC[N+](C)(C)[SnH]([N](C)C)[N](C)C. The van der Waals surface area contributed by atoms with Crippen LogP contribution in [0.4, 0.5) is 0 Å². The van der Waals surface area contributed by atoms with Crippen molar-refractivity contribution in [1.82, 2.24) is 6.24 Å². The van der Waals surface area contributed by atoms with Crippen LogP contribution in [0, 0.1) is 0 Å². The minimum atomic E-state index is -1.77. The molecule has 0 unspecified atom stereocenters. The molecule has 0 atom stereocenters. The van der Waals surface area contributed by atoms with Crippen LogP contribution in [0.3, 0.4) is 0 Å². The molecule has 0 rings (SSSR count). The van der Waals surface area contributed by atoms with Crippen LogP contribution in [-0.4, -0.2) is 78.4 Å². The van der Waals surface area contributed by atoms with Crippen LogP contribution >= 0.6 is 0 Å². The van der Waals surface area contributed by atoms with Crippen LogP contribution in [0.5, 0.6) is 0 Å². The predicted octanol–water partition coefficient (Wildman–Crippen LogP) is 0.703. The van der Waals surface area contributed by atoms with Crippen molar-refractivity contribution < 1.29 is 2.70 Å². The fraction of sp³-hybridized carbons (Fsp3) is 1.00. The molecule has 4 heteroatoms. The summed E-state index contributed by atoms with van der Waals surface area (Å²) in [5.74, 6) is 0. The Morgan fingerprint density at radius 3 is 1.71 bits per heavy atom. The van der Waals surface area contributed by atoms with Gasteiger partial charge in [0.2, 0.25) is 0 Å². The Morgan fingerprint density at radius 2 is 1.43 bits per heavy atom. The van der Waals surface area contributed by atoms with E-state index in [1.54, 1.807) is 0 Å². The molecule has 0 aliphatic carbocycles. The van der Waals surface area contributed by atoms with Gasteiger partial charge in [-0.3, -0.25) is 0 Å². The van der Waals surface area contributed by atoms with E-state index in [-0.39, 0.29) is 0 Å². The van der Waals surface area contributed by atoms with E-state index in [0.717, 1.165) is 0 Å². The number of hydrogen-bond acceptors (Lipinski definition) is 2. The van der Waals surface area contributed by atoms with Gasteiger partial charge in [-0.1, -0.05) is 0 Å². The molecule has 0 saturated heterocycles. The first kappa shape index (κ1) is 14.7. The molecule has 0 heterocycles. The average molecular weight is 309 g/mol. The molecule has 0 radical (unpaired) electrons. The average Bonchev–Trinajstić information content (AvgIpc) is 1.98. The predicted molar refractivity (Wildman–Crippen MR) is 66.4 cm³/mol. The van der Waals surface area contributed by atoms with Gasteiger partial charge in [0.1, 0.15) is 0 Å². The summed E-state index contributed by atoms with van der Waals surface area (Å²) in [5, 5.41) is 0. The van der Waals surface area contributed by atoms with Crippen molar-refractivity contribution in [1.29, 1.82) is 0 Å². The van der Waals surface area contributed by atoms with E-state index in [4.69, 9.17) is 0 Å². The molecule has 14 heavy (non-hydrogen) atoms. The van der Waals surface area contributed by atoms with Crippen molar-refractivity contribution in [3.8, 4) is 0 Å². The fourth-order valence-corrected chi connectivity index (χ4v) is 13.3. The van der Waals surface area contributed by atoms with Gasteiger partial charge in [-0.15, -0.1) is 0 Å². The van der Waals surface area contributed by atoms with Crippen LogP contribution in [0.2, 0.25) is 0 Å². The van der Waals surface area contributed by atoms with Gasteiger partial charge in [0, 0.05) is 0 Å². The molecule has 0 aromatic heterocycles. The molecular formula is C10H28N3Sn+. The fourth-order valence-electron chi connectivity index (χ4n) is 2.39. The molecule has 0 aromatic rings. The molecule has 0 bridgehead atoms. The van der Waals surface area contributed by atoms with Gasteiger partial charge in [0.25, 0.3) is 0 Å². The summed E-state index contributed by atoms with van der Waals surface area (Å²) < 4.78 is 6.24. The minimum absolute atomic E-state index is 1.25. The Kier molecular flexibility index (Phi) is 6.61. The van der Waals surface area contributed by atoms with Gasteiger partial charge in [0.05, 0.1) is 0 Å². The molecule has 0 amide bonds. The van der Waals surface area contributed by atoms with Gasteiger partial charge in [-0.2, -0.15) is 0 Å². The van der Waals surface area contributed by atoms with Crippen LogP contribution in [0.15, 0.2) is 0 Å². The standard InChI is InChI=1S/C6H15N.2C2H6N.Sn.H/c1-4-5-6-7(2)3;2*1-3-2;;/h4-6H2,1-3H3;2*1-2H3;;/q;2*-1;+3;. The Hall–Kier alpha value is 0.679. The number of nitrogens with zero attached hydrogens (tertiary/aromatic N) is 3. The van der Waals surface area contributed by atoms with E-state index >= 15 is 0 Å². The van der Waals surface area contributed by atoms with Gasteiger partial charge in [-0.25, -0.2) is 0 Å². The van der Waals surface area contributed by atoms with E-state index in [9.17, 15) is 0 Å². The van der Waals surface area contributed by atoms with Crippen molar-refractivity contribution >= 4 is 20.6 Å². The normalized spacial score (nSPS) is 13.3. The third kappa shape index (κ3) is 4.47. The zero-order valence-electron chi connectivity index (χ0n) is 11.0. The maximum absolute atomic E-state index is 2.50. The van der Waals surface area contributed by atoms with Crippen molar-refractivity contribution in [2.45, 2.75) is 19.8 Å². The summed E-state index contributed by atoms with van der Waals surface area (Å²) in [7, 11) is 13.8. The van der Waals surface area contributed by atoms with E-state index in [1.807, 2.05) is 0 Å². The Labute approximate surface area is 98.1 Å². The van der Waals surface area contributed by atoms with Crippen molar-refractivity contribution in [2.24, 2.45) is 0 Å². The molecule has 0 saturated carbocycles. The molecule has 0 aliphatic rings. The van der Waals surface area contributed by atoms with Crippen molar-refractivity contribution in [3.63, 3.8) is 0 Å². The Morgan fingerprint density at radius 1 is 1.00 bits per heavy atom. The maximum atomic E-state index is 2.50. The summed E-state index contributed by atoms with van der Waals surface area (Å²) in [6.45, 7) is 3.60. The second-order valence-electron chi connectivity index (χ2n) is 5.13. The zero-order chi connectivity index (χ0) is 11.4. The topological polar surface area (TPSA) is 6.48 Å². The summed E-state index contributed by atoms with van der Waals surface area (Å²) in [4.78, 5) is 0. The van der Waals surface area contributed by atoms with Crippen LogP contribution < -0.4 is 0 Å². The van der Waals surface area contributed by atoms with Gasteiger partial charge in [0.15, 0.2) is 0 Å². The van der Waals surface area contributed by atoms with Crippen LogP contribution in [0.1, 0.15) is 19.8 Å². The number of hydrogen-bond donors (Lipinski definition) is 0. The summed E-state index contributed by atoms with van der Waals surface area (Å²) in [6.07, 6.45) is 2.66. The van der Waals surface area contributed by atoms with Crippen molar-refractivity contribution in [3.05, 3.63) is 0 Å². The van der Waals surface area contributed by atoms with Gasteiger partial charge < -0.3 is 0 Å². The Balaban J connectivity index is 4.45. The first-order valence-electron chi connectivity index (χ1n) is 5.48. The molecule has 0 aliphatic heterocycles. The summed E-state index contributed by atoms with van der Waals surface area (Å²) >= 11 is -1.77. The molecule has 3 nitrogen and oxygen atoms in total.